The summed E-state index contributed by atoms with van der Waals surface area (Å²) in [4.78, 5) is 33.9. The van der Waals surface area contributed by atoms with Gasteiger partial charge in [-0.05, 0) is 56.5 Å². The van der Waals surface area contributed by atoms with Crippen LogP contribution in [0, 0.1) is 19.3 Å². The average Bonchev–Trinajstić information content (AvgIpc) is 2.74. The van der Waals surface area contributed by atoms with Crippen LogP contribution < -0.4 is 10.2 Å². The second kappa shape index (κ2) is 8.64. The molecule has 1 fully saturated rings. The fourth-order valence-electron chi connectivity index (χ4n) is 3.63. The highest BCUT2D eigenvalue weighted by Gasteiger charge is 2.40. The molecule has 0 aliphatic carbocycles. The smallest absolute Gasteiger partial charge is 0.237 e. The first kappa shape index (κ1) is 20.8. The summed E-state index contributed by atoms with van der Waals surface area (Å²) in [5.74, 6) is -0.384. The van der Waals surface area contributed by atoms with Gasteiger partial charge in [0.25, 0.3) is 0 Å². The van der Waals surface area contributed by atoms with Crippen molar-refractivity contribution in [3.05, 3.63) is 59.4 Å². The lowest BCUT2D eigenvalue weighted by atomic mass is 9.89. The number of amides is 2. The third-order valence-corrected chi connectivity index (χ3v) is 5.76. The molecule has 2 amide bonds. The van der Waals surface area contributed by atoms with E-state index in [0.29, 0.717) is 19.6 Å². The third-order valence-electron chi connectivity index (χ3n) is 5.76. The van der Waals surface area contributed by atoms with Crippen molar-refractivity contribution in [2.75, 3.05) is 31.1 Å². The highest BCUT2D eigenvalue weighted by molar-refractivity contribution is 6.04. The molecule has 0 unspecified atom stereocenters. The van der Waals surface area contributed by atoms with Crippen molar-refractivity contribution in [1.29, 1.82) is 0 Å². The number of aryl methyl sites for hydroxylation is 1. The van der Waals surface area contributed by atoms with E-state index in [1.54, 1.807) is 26.2 Å². The van der Waals surface area contributed by atoms with Gasteiger partial charge in [0, 0.05) is 50.8 Å². The average molecular weight is 395 g/mol. The van der Waals surface area contributed by atoms with Crippen LogP contribution in [0.3, 0.4) is 0 Å². The fraction of sp³-hybridized carbons (Fsp3) is 0.435. The number of aromatic nitrogens is 1. The first-order chi connectivity index (χ1) is 13.8. The molecule has 0 radical (unpaired) electrons. The monoisotopic (exact) mass is 394 g/mol. The summed E-state index contributed by atoms with van der Waals surface area (Å²) in [6, 6.07) is 10.0. The van der Waals surface area contributed by atoms with Gasteiger partial charge in [-0.1, -0.05) is 18.2 Å². The quantitative estimate of drug-likeness (QED) is 0.792. The van der Waals surface area contributed by atoms with Crippen LogP contribution in [0.15, 0.2) is 42.7 Å². The predicted molar refractivity (Wildman–Crippen MR) is 115 cm³/mol. The molecule has 29 heavy (non-hydrogen) atoms. The van der Waals surface area contributed by atoms with E-state index in [9.17, 15) is 9.59 Å². The van der Waals surface area contributed by atoms with Crippen molar-refractivity contribution in [1.82, 2.24) is 15.2 Å². The van der Waals surface area contributed by atoms with Crippen molar-refractivity contribution < 1.29 is 9.59 Å². The Morgan fingerprint density at radius 1 is 1.07 bits per heavy atom. The van der Waals surface area contributed by atoms with Crippen LogP contribution in [0.4, 0.5) is 5.69 Å². The standard InChI is InChI=1S/C23H30N4O2/c1-17-7-5-9-20(18(17)2)26-11-13-27(14-12-26)22(29)23(3,4)21(28)25-16-19-8-6-10-24-15-19/h5-10,15H,11-14,16H2,1-4H3,(H,25,28). The van der Waals surface area contributed by atoms with Crippen molar-refractivity contribution in [2.24, 2.45) is 5.41 Å². The minimum Gasteiger partial charge on any atom is -0.368 e. The van der Waals surface area contributed by atoms with Crippen LogP contribution in [0.25, 0.3) is 0 Å². The van der Waals surface area contributed by atoms with Crippen LogP contribution >= 0.6 is 0 Å². The molecule has 0 spiro atoms. The van der Waals surface area contributed by atoms with E-state index in [1.807, 2.05) is 17.0 Å². The molecule has 154 valence electrons. The van der Waals surface area contributed by atoms with Gasteiger partial charge in [-0.3, -0.25) is 14.6 Å². The number of piperazine rings is 1. The molecule has 1 saturated heterocycles. The van der Waals surface area contributed by atoms with E-state index >= 15 is 0 Å². The molecule has 1 aromatic carbocycles. The Balaban J connectivity index is 1.58. The van der Waals surface area contributed by atoms with Gasteiger partial charge in [0.2, 0.25) is 11.8 Å². The number of pyridine rings is 1. The highest BCUT2D eigenvalue weighted by atomic mass is 16.2. The van der Waals surface area contributed by atoms with Gasteiger partial charge in [0.15, 0.2) is 0 Å². The molecular formula is C23H30N4O2. The summed E-state index contributed by atoms with van der Waals surface area (Å²) in [6.45, 7) is 10.8. The number of carbonyl (C=O) groups excluding carboxylic acids is 2. The number of nitrogens with zero attached hydrogens (tertiary/aromatic N) is 3. The molecule has 0 bridgehead atoms. The number of benzene rings is 1. The first-order valence-corrected chi connectivity index (χ1v) is 10.1. The van der Waals surface area contributed by atoms with E-state index in [4.69, 9.17) is 0 Å². The van der Waals surface area contributed by atoms with Crippen LogP contribution in [0.1, 0.15) is 30.5 Å². The second-order valence-electron chi connectivity index (χ2n) is 8.17. The molecule has 0 saturated carbocycles. The fourth-order valence-corrected chi connectivity index (χ4v) is 3.63. The number of hydrogen-bond donors (Lipinski definition) is 1. The lowest BCUT2D eigenvalue weighted by Gasteiger charge is -2.39. The molecular weight excluding hydrogens is 364 g/mol. The molecule has 1 aliphatic rings. The second-order valence-corrected chi connectivity index (χ2v) is 8.17. The summed E-state index contributed by atoms with van der Waals surface area (Å²) in [6.07, 6.45) is 3.40. The molecule has 0 atom stereocenters. The summed E-state index contributed by atoms with van der Waals surface area (Å²) in [7, 11) is 0. The number of nitrogens with one attached hydrogen (secondary N) is 1. The topological polar surface area (TPSA) is 65.5 Å². The maximum Gasteiger partial charge on any atom is 0.237 e. The molecule has 6 heteroatoms. The van der Waals surface area contributed by atoms with Crippen molar-refractivity contribution in [2.45, 2.75) is 34.2 Å². The van der Waals surface area contributed by atoms with Gasteiger partial charge in [-0.2, -0.15) is 0 Å². The number of hydrogen-bond acceptors (Lipinski definition) is 4. The van der Waals surface area contributed by atoms with Crippen LogP contribution in [0.5, 0.6) is 0 Å². The van der Waals surface area contributed by atoms with Crippen molar-refractivity contribution in [3.63, 3.8) is 0 Å². The number of anilines is 1. The number of carbonyl (C=O) groups is 2. The maximum absolute atomic E-state index is 13.1. The zero-order valence-corrected chi connectivity index (χ0v) is 17.7. The highest BCUT2D eigenvalue weighted by Crippen LogP contribution is 2.26. The van der Waals surface area contributed by atoms with E-state index in [0.717, 1.165) is 18.7 Å². The normalized spacial score (nSPS) is 14.6. The number of rotatable bonds is 5. The van der Waals surface area contributed by atoms with Crippen molar-refractivity contribution in [3.8, 4) is 0 Å². The first-order valence-electron chi connectivity index (χ1n) is 10.1. The maximum atomic E-state index is 13.1. The predicted octanol–water partition coefficient (Wildman–Crippen LogP) is 2.69. The summed E-state index contributed by atoms with van der Waals surface area (Å²) < 4.78 is 0. The lowest BCUT2D eigenvalue weighted by Crippen LogP contribution is -2.55. The van der Waals surface area contributed by atoms with E-state index < -0.39 is 5.41 Å². The van der Waals surface area contributed by atoms with Crippen LogP contribution in [-0.2, 0) is 16.1 Å². The lowest BCUT2D eigenvalue weighted by molar-refractivity contribution is -0.148. The summed E-state index contributed by atoms with van der Waals surface area (Å²) >= 11 is 0. The SMILES string of the molecule is Cc1cccc(N2CCN(C(=O)C(C)(C)C(=O)NCc3cccnc3)CC2)c1C. The van der Waals surface area contributed by atoms with Gasteiger partial charge in [0.1, 0.15) is 5.41 Å². The molecule has 3 rings (SSSR count). The zero-order valence-electron chi connectivity index (χ0n) is 17.7. The Morgan fingerprint density at radius 3 is 2.45 bits per heavy atom. The van der Waals surface area contributed by atoms with Gasteiger partial charge >= 0.3 is 0 Å². The van der Waals surface area contributed by atoms with Crippen LogP contribution in [0.2, 0.25) is 0 Å². The Labute approximate surface area is 172 Å². The van der Waals surface area contributed by atoms with Gasteiger partial charge in [-0.15, -0.1) is 0 Å². The molecule has 1 N–H and O–H groups in total. The molecule has 2 heterocycles. The Hall–Kier alpha value is -2.89. The minimum absolute atomic E-state index is 0.123. The van der Waals surface area contributed by atoms with Gasteiger partial charge < -0.3 is 15.1 Å². The summed E-state index contributed by atoms with van der Waals surface area (Å²) in [5, 5.41) is 2.87. The van der Waals surface area contributed by atoms with E-state index in [-0.39, 0.29) is 11.8 Å². The zero-order chi connectivity index (χ0) is 21.0. The minimum atomic E-state index is -1.11. The van der Waals surface area contributed by atoms with E-state index in [1.165, 1.54) is 16.8 Å². The van der Waals surface area contributed by atoms with Crippen molar-refractivity contribution >= 4 is 17.5 Å². The van der Waals surface area contributed by atoms with E-state index in [2.05, 4.69) is 47.2 Å². The third kappa shape index (κ3) is 4.58. The molecule has 2 aromatic rings. The van der Waals surface area contributed by atoms with Crippen LogP contribution in [-0.4, -0.2) is 47.9 Å². The Morgan fingerprint density at radius 2 is 1.79 bits per heavy atom. The summed E-state index contributed by atoms with van der Waals surface area (Å²) in [5.41, 5.74) is 3.58. The molecule has 1 aliphatic heterocycles. The molecule has 6 nitrogen and oxygen atoms in total. The Bertz CT molecular complexity index is 872. The molecule has 1 aromatic heterocycles. The largest absolute Gasteiger partial charge is 0.368 e. The Kier molecular flexibility index (Phi) is 6.20. The van der Waals surface area contributed by atoms with Gasteiger partial charge in [-0.25, -0.2) is 0 Å². The van der Waals surface area contributed by atoms with Gasteiger partial charge in [0.05, 0.1) is 0 Å².